The van der Waals surface area contributed by atoms with Crippen LogP contribution in [-0.2, 0) is 24.2 Å². The van der Waals surface area contributed by atoms with E-state index in [1.165, 1.54) is 23.6 Å². The molecule has 0 aromatic heterocycles. The maximum atomic E-state index is 11.1. The number of fused-ring (bicyclic) bond motifs is 1. The molecule has 1 heterocycles. The first-order valence-electron chi connectivity index (χ1n) is 9.62. The van der Waals surface area contributed by atoms with Crippen molar-refractivity contribution >= 4 is 41.5 Å². The van der Waals surface area contributed by atoms with E-state index in [0.29, 0.717) is 0 Å². The van der Waals surface area contributed by atoms with Gasteiger partial charge in [0.1, 0.15) is 0 Å². The number of halogens is 1. The Morgan fingerprint density at radius 2 is 1.82 bits per heavy atom. The Bertz CT molecular complexity index is 804. The normalized spacial score (nSPS) is 13.4. The highest BCUT2D eigenvalue weighted by Crippen LogP contribution is 2.18. The molecule has 5 nitrogen and oxygen atoms in total. The summed E-state index contributed by atoms with van der Waals surface area (Å²) >= 11 is 0. The van der Waals surface area contributed by atoms with Gasteiger partial charge in [0.05, 0.1) is 0 Å². The first-order chi connectivity index (χ1) is 13.2. The zero-order chi connectivity index (χ0) is 19.1. The van der Waals surface area contributed by atoms with Crippen LogP contribution in [0.3, 0.4) is 0 Å². The summed E-state index contributed by atoms with van der Waals surface area (Å²) in [6.07, 6.45) is 1.94. The fourth-order valence-corrected chi connectivity index (χ4v) is 3.35. The smallest absolute Gasteiger partial charge is 0.221 e. The van der Waals surface area contributed by atoms with Crippen LogP contribution in [0.2, 0.25) is 0 Å². The second-order valence-corrected chi connectivity index (χ2v) is 6.80. The number of aliphatic imine (C=N–C) groups is 1. The Morgan fingerprint density at radius 3 is 2.50 bits per heavy atom. The van der Waals surface area contributed by atoms with Crippen LogP contribution < -0.4 is 10.6 Å². The molecule has 1 aliphatic heterocycles. The van der Waals surface area contributed by atoms with Crippen molar-refractivity contribution in [2.45, 2.75) is 33.2 Å². The predicted molar refractivity (Wildman–Crippen MR) is 126 cm³/mol. The molecule has 0 unspecified atom stereocenters. The summed E-state index contributed by atoms with van der Waals surface area (Å²) < 4.78 is 0. The number of carbonyl (C=O) groups excluding carboxylic acids is 1. The second-order valence-electron chi connectivity index (χ2n) is 6.80. The molecule has 28 heavy (non-hydrogen) atoms. The van der Waals surface area contributed by atoms with Gasteiger partial charge < -0.3 is 15.5 Å². The number of rotatable bonds is 5. The first-order valence-corrected chi connectivity index (χ1v) is 9.62. The monoisotopic (exact) mass is 492 g/mol. The molecule has 0 fully saturated rings. The third-order valence-corrected chi connectivity index (χ3v) is 4.70. The molecule has 0 radical (unpaired) electrons. The lowest BCUT2D eigenvalue weighted by atomic mass is 10.0. The average molecular weight is 492 g/mol. The predicted octanol–water partition coefficient (Wildman–Crippen LogP) is 3.83. The van der Waals surface area contributed by atoms with Crippen LogP contribution in [0, 0.1) is 0 Å². The summed E-state index contributed by atoms with van der Waals surface area (Å²) in [5.41, 5.74) is 4.88. The van der Waals surface area contributed by atoms with Crippen LogP contribution in [0.1, 0.15) is 30.5 Å². The number of guanidine groups is 1. The molecule has 1 amide bonds. The first kappa shape index (κ1) is 22.2. The number of anilines is 1. The van der Waals surface area contributed by atoms with E-state index in [1.807, 2.05) is 24.3 Å². The molecule has 0 atom stereocenters. The van der Waals surface area contributed by atoms with Crippen molar-refractivity contribution in [2.24, 2.45) is 4.99 Å². The lowest BCUT2D eigenvalue weighted by molar-refractivity contribution is -0.114. The van der Waals surface area contributed by atoms with E-state index in [1.54, 1.807) is 0 Å². The van der Waals surface area contributed by atoms with Crippen LogP contribution in [-0.4, -0.2) is 36.4 Å². The maximum absolute atomic E-state index is 11.1. The molecule has 2 aromatic rings. The van der Waals surface area contributed by atoms with E-state index in [0.717, 1.165) is 50.7 Å². The zero-order valence-electron chi connectivity index (χ0n) is 16.6. The van der Waals surface area contributed by atoms with Crippen LogP contribution in [0.4, 0.5) is 5.69 Å². The van der Waals surface area contributed by atoms with E-state index >= 15 is 0 Å². The molecule has 0 bridgehead atoms. The molecule has 2 N–H and O–H groups in total. The van der Waals surface area contributed by atoms with E-state index in [-0.39, 0.29) is 29.9 Å². The summed E-state index contributed by atoms with van der Waals surface area (Å²) in [5, 5.41) is 6.22. The van der Waals surface area contributed by atoms with E-state index in [4.69, 9.17) is 4.99 Å². The molecule has 0 spiro atoms. The minimum absolute atomic E-state index is 0. The molecule has 0 aliphatic carbocycles. The standard InChI is InChI=1S/C22H28N4O.HI/c1-3-23-22(26-15-13-19-6-4-5-7-20(19)16-26)24-14-12-18-8-10-21(11-9-18)25-17(2)27;/h4-11H,3,12-16H2,1-2H3,(H,23,24)(H,25,27);1H. The highest BCUT2D eigenvalue weighted by molar-refractivity contribution is 14.0. The molecular formula is C22H29IN4O. The SMILES string of the molecule is CCNC(=NCCc1ccc(NC(C)=O)cc1)N1CCc2ccccc2C1.I. The van der Waals surface area contributed by atoms with Crippen molar-refractivity contribution in [1.29, 1.82) is 0 Å². The Balaban J connectivity index is 0.00000280. The summed E-state index contributed by atoms with van der Waals surface area (Å²) in [7, 11) is 0. The van der Waals surface area contributed by atoms with Gasteiger partial charge in [-0.05, 0) is 48.6 Å². The molecule has 3 rings (SSSR count). The van der Waals surface area contributed by atoms with E-state index in [2.05, 4.69) is 46.7 Å². The number of nitrogens with zero attached hydrogens (tertiary/aromatic N) is 2. The maximum Gasteiger partial charge on any atom is 0.221 e. The minimum atomic E-state index is -0.0502. The molecule has 6 heteroatoms. The summed E-state index contributed by atoms with van der Waals surface area (Å²) in [5.74, 6) is 0.938. The highest BCUT2D eigenvalue weighted by atomic mass is 127. The van der Waals surface area contributed by atoms with Crippen molar-refractivity contribution in [3.63, 3.8) is 0 Å². The lowest BCUT2D eigenvalue weighted by Crippen LogP contribution is -2.44. The zero-order valence-corrected chi connectivity index (χ0v) is 18.9. The van der Waals surface area contributed by atoms with Gasteiger partial charge in [0.2, 0.25) is 5.91 Å². The summed E-state index contributed by atoms with van der Waals surface area (Å²) in [4.78, 5) is 18.3. The van der Waals surface area contributed by atoms with Crippen LogP contribution in [0.25, 0.3) is 0 Å². The number of amides is 1. The molecule has 0 saturated carbocycles. The molecule has 1 aliphatic rings. The van der Waals surface area contributed by atoms with Crippen LogP contribution in [0.5, 0.6) is 0 Å². The lowest BCUT2D eigenvalue weighted by Gasteiger charge is -2.31. The van der Waals surface area contributed by atoms with Gasteiger partial charge in [-0.15, -0.1) is 24.0 Å². The number of hydrogen-bond donors (Lipinski definition) is 2. The third-order valence-electron chi connectivity index (χ3n) is 4.70. The van der Waals surface area contributed by atoms with Crippen molar-refractivity contribution in [2.75, 3.05) is 25.0 Å². The molecule has 0 saturated heterocycles. The van der Waals surface area contributed by atoms with Gasteiger partial charge in [0.15, 0.2) is 5.96 Å². The number of nitrogens with one attached hydrogen (secondary N) is 2. The van der Waals surface area contributed by atoms with Crippen LogP contribution >= 0.6 is 24.0 Å². The Morgan fingerprint density at radius 1 is 1.11 bits per heavy atom. The molecular weight excluding hydrogens is 463 g/mol. The van der Waals surface area contributed by atoms with Gasteiger partial charge >= 0.3 is 0 Å². The largest absolute Gasteiger partial charge is 0.357 e. The third kappa shape index (κ3) is 6.22. The van der Waals surface area contributed by atoms with Crippen molar-refractivity contribution < 1.29 is 4.79 Å². The number of hydrogen-bond acceptors (Lipinski definition) is 2. The quantitative estimate of drug-likeness (QED) is 0.379. The highest BCUT2D eigenvalue weighted by Gasteiger charge is 2.18. The van der Waals surface area contributed by atoms with Crippen molar-refractivity contribution in [3.05, 3.63) is 65.2 Å². The minimum Gasteiger partial charge on any atom is -0.357 e. The Labute approximate surface area is 184 Å². The van der Waals surface area contributed by atoms with Gasteiger partial charge in [-0.3, -0.25) is 9.79 Å². The summed E-state index contributed by atoms with van der Waals surface area (Å²) in [6.45, 7) is 7.13. The van der Waals surface area contributed by atoms with Gasteiger partial charge in [-0.25, -0.2) is 0 Å². The van der Waals surface area contributed by atoms with E-state index < -0.39 is 0 Å². The molecule has 150 valence electrons. The fourth-order valence-electron chi connectivity index (χ4n) is 3.35. The number of benzene rings is 2. The second kappa shape index (κ2) is 11.0. The van der Waals surface area contributed by atoms with Gasteiger partial charge in [-0.1, -0.05) is 36.4 Å². The fraction of sp³-hybridized carbons (Fsp3) is 0.364. The van der Waals surface area contributed by atoms with E-state index in [9.17, 15) is 4.79 Å². The average Bonchev–Trinajstić information content (AvgIpc) is 2.68. The topological polar surface area (TPSA) is 56.7 Å². The van der Waals surface area contributed by atoms with Crippen molar-refractivity contribution in [1.82, 2.24) is 10.2 Å². The Kier molecular flexibility index (Phi) is 8.76. The van der Waals surface area contributed by atoms with Gasteiger partial charge in [0.25, 0.3) is 0 Å². The summed E-state index contributed by atoms with van der Waals surface area (Å²) in [6, 6.07) is 16.6. The number of carbonyl (C=O) groups is 1. The van der Waals surface area contributed by atoms with Gasteiger partial charge in [-0.2, -0.15) is 0 Å². The molecule has 2 aromatic carbocycles. The van der Waals surface area contributed by atoms with Crippen molar-refractivity contribution in [3.8, 4) is 0 Å². The van der Waals surface area contributed by atoms with Crippen LogP contribution in [0.15, 0.2) is 53.5 Å². The Hall–Kier alpha value is -2.09. The van der Waals surface area contributed by atoms with Gasteiger partial charge in [0, 0.05) is 38.8 Å².